The Morgan fingerprint density at radius 1 is 1.08 bits per heavy atom. The first-order valence-corrected chi connectivity index (χ1v) is 8.68. The molecule has 0 aromatic heterocycles. The summed E-state index contributed by atoms with van der Waals surface area (Å²) in [6, 6.07) is 13.8. The Balaban J connectivity index is 1.82. The number of likely N-dealkylation sites (N-methyl/N-ethyl adjacent to an activating group) is 1. The third-order valence-electron chi connectivity index (χ3n) is 3.58. The minimum atomic E-state index is -0.331. The van der Waals surface area contributed by atoms with Crippen molar-refractivity contribution in [2.45, 2.75) is 6.92 Å². The number of amides is 2. The molecule has 2 aromatic rings. The van der Waals surface area contributed by atoms with E-state index in [1.807, 2.05) is 12.1 Å². The zero-order chi connectivity index (χ0) is 19.1. The zero-order valence-electron chi connectivity index (χ0n) is 14.5. The van der Waals surface area contributed by atoms with Gasteiger partial charge in [0.05, 0.1) is 12.2 Å². The molecule has 0 aliphatic heterocycles. The summed E-state index contributed by atoms with van der Waals surface area (Å²) < 4.78 is 6.16. The van der Waals surface area contributed by atoms with Gasteiger partial charge in [-0.15, -0.1) is 0 Å². The van der Waals surface area contributed by atoms with Crippen LogP contribution in [-0.4, -0.2) is 42.7 Å². The van der Waals surface area contributed by atoms with Crippen LogP contribution in [0.1, 0.15) is 17.3 Å². The maximum absolute atomic E-state index is 12.1. The normalized spacial score (nSPS) is 10.1. The fourth-order valence-electron chi connectivity index (χ4n) is 2.10. The smallest absolute Gasteiger partial charge is 0.260 e. The van der Waals surface area contributed by atoms with Crippen LogP contribution in [0.3, 0.4) is 0 Å². The molecule has 0 bridgehead atoms. The number of benzene rings is 2. The molecule has 2 rings (SSSR count). The molecule has 0 atom stereocenters. The summed E-state index contributed by atoms with van der Waals surface area (Å²) in [5.74, 6) is -0.195. The van der Waals surface area contributed by atoms with Gasteiger partial charge in [0.1, 0.15) is 5.75 Å². The van der Waals surface area contributed by atoms with Gasteiger partial charge in [0, 0.05) is 17.1 Å². The molecule has 26 heavy (non-hydrogen) atoms. The summed E-state index contributed by atoms with van der Waals surface area (Å²) in [6.45, 7) is 1.19. The lowest BCUT2D eigenvalue weighted by Crippen LogP contribution is -2.37. The van der Waals surface area contributed by atoms with Crippen LogP contribution >= 0.6 is 15.9 Å². The van der Waals surface area contributed by atoms with Crippen LogP contribution in [0.25, 0.3) is 0 Å². The maximum atomic E-state index is 12.1. The fraction of sp³-hybridized carbons (Fsp3) is 0.211. The lowest BCUT2D eigenvalue weighted by Gasteiger charge is -2.17. The van der Waals surface area contributed by atoms with E-state index in [1.54, 1.807) is 36.4 Å². The fourth-order valence-corrected chi connectivity index (χ4v) is 2.48. The molecule has 0 saturated heterocycles. The molecule has 0 unspecified atom stereocenters. The molecule has 0 spiro atoms. The second kappa shape index (κ2) is 9.15. The van der Waals surface area contributed by atoms with Crippen molar-refractivity contribution in [1.82, 2.24) is 4.90 Å². The molecular weight excluding hydrogens is 400 g/mol. The Bertz CT molecular complexity index is 805. The minimum absolute atomic E-state index is 0.0385. The number of carbonyl (C=O) groups is 3. The van der Waals surface area contributed by atoms with Crippen molar-refractivity contribution in [3.8, 4) is 5.75 Å². The van der Waals surface area contributed by atoms with Crippen molar-refractivity contribution >= 4 is 39.2 Å². The highest BCUT2D eigenvalue weighted by Gasteiger charge is 2.14. The first-order chi connectivity index (χ1) is 12.4. The number of anilines is 1. The van der Waals surface area contributed by atoms with E-state index in [9.17, 15) is 14.4 Å². The van der Waals surface area contributed by atoms with E-state index in [-0.39, 0.29) is 30.7 Å². The van der Waals surface area contributed by atoms with Gasteiger partial charge in [-0.25, -0.2) is 0 Å². The first kappa shape index (κ1) is 19.7. The van der Waals surface area contributed by atoms with Crippen molar-refractivity contribution in [1.29, 1.82) is 0 Å². The number of Topliss-reactive ketones (excluding diaryl/α,β-unsaturated/α-hetero) is 1. The standard InChI is InChI=1S/C19H19BrN2O4/c1-13(23)14-7-9-15(10-8-14)26-12-19(25)22(2)11-18(24)21-17-6-4-3-5-16(17)20/h3-10H,11-12H2,1-2H3,(H,21,24). The molecule has 0 saturated carbocycles. The van der Waals surface area contributed by atoms with Crippen LogP contribution < -0.4 is 10.1 Å². The number of nitrogens with zero attached hydrogens (tertiary/aromatic N) is 1. The minimum Gasteiger partial charge on any atom is -0.484 e. The second-order valence-corrected chi connectivity index (χ2v) is 6.50. The molecule has 2 aromatic carbocycles. The molecule has 6 nitrogen and oxygen atoms in total. The number of rotatable bonds is 7. The number of hydrogen-bond donors (Lipinski definition) is 1. The Morgan fingerprint density at radius 2 is 1.73 bits per heavy atom. The van der Waals surface area contributed by atoms with Gasteiger partial charge in [-0.3, -0.25) is 14.4 Å². The van der Waals surface area contributed by atoms with E-state index in [0.29, 0.717) is 17.0 Å². The lowest BCUT2D eigenvalue weighted by atomic mass is 10.1. The van der Waals surface area contributed by atoms with E-state index in [1.165, 1.54) is 18.9 Å². The summed E-state index contributed by atoms with van der Waals surface area (Å²) in [6.07, 6.45) is 0. The first-order valence-electron chi connectivity index (χ1n) is 7.89. The molecule has 7 heteroatoms. The highest BCUT2D eigenvalue weighted by Crippen LogP contribution is 2.21. The van der Waals surface area contributed by atoms with Crippen LogP contribution in [0, 0.1) is 0 Å². The summed E-state index contributed by atoms with van der Waals surface area (Å²) in [4.78, 5) is 36.7. The number of ether oxygens (including phenoxy) is 1. The van der Waals surface area contributed by atoms with Gasteiger partial charge in [-0.1, -0.05) is 12.1 Å². The highest BCUT2D eigenvalue weighted by molar-refractivity contribution is 9.10. The number of para-hydroxylation sites is 1. The van der Waals surface area contributed by atoms with Gasteiger partial charge in [0.15, 0.2) is 12.4 Å². The lowest BCUT2D eigenvalue weighted by molar-refractivity contribution is -0.135. The number of carbonyl (C=O) groups excluding carboxylic acids is 3. The van der Waals surface area contributed by atoms with Crippen LogP contribution in [-0.2, 0) is 9.59 Å². The Kier molecular flexibility index (Phi) is 6.91. The van der Waals surface area contributed by atoms with E-state index in [2.05, 4.69) is 21.2 Å². The van der Waals surface area contributed by atoms with E-state index in [0.717, 1.165) is 4.47 Å². The molecule has 1 N–H and O–H groups in total. The Hall–Kier alpha value is -2.67. The molecule has 0 fully saturated rings. The van der Waals surface area contributed by atoms with Crippen molar-refractivity contribution in [3.05, 3.63) is 58.6 Å². The van der Waals surface area contributed by atoms with E-state index < -0.39 is 0 Å². The monoisotopic (exact) mass is 418 g/mol. The number of ketones is 1. The molecule has 0 aliphatic rings. The van der Waals surface area contributed by atoms with Crippen molar-refractivity contribution in [2.75, 3.05) is 25.5 Å². The topological polar surface area (TPSA) is 75.7 Å². The Labute approximate surface area is 160 Å². The number of hydrogen-bond acceptors (Lipinski definition) is 4. The quantitative estimate of drug-likeness (QED) is 0.700. The van der Waals surface area contributed by atoms with Crippen LogP contribution in [0.2, 0.25) is 0 Å². The zero-order valence-corrected chi connectivity index (χ0v) is 16.1. The molecular formula is C19H19BrN2O4. The number of nitrogens with one attached hydrogen (secondary N) is 1. The van der Waals surface area contributed by atoms with E-state index >= 15 is 0 Å². The van der Waals surface area contributed by atoms with Gasteiger partial charge in [0.25, 0.3) is 5.91 Å². The molecule has 0 aliphatic carbocycles. The summed E-state index contributed by atoms with van der Waals surface area (Å²) in [5, 5.41) is 2.73. The highest BCUT2D eigenvalue weighted by atomic mass is 79.9. The van der Waals surface area contributed by atoms with Gasteiger partial charge >= 0.3 is 0 Å². The second-order valence-electron chi connectivity index (χ2n) is 5.65. The predicted octanol–water partition coefficient (Wildman–Crippen LogP) is 3.13. The van der Waals surface area contributed by atoms with Crippen LogP contribution in [0.15, 0.2) is 53.0 Å². The van der Waals surface area contributed by atoms with E-state index in [4.69, 9.17) is 4.74 Å². The van der Waals surface area contributed by atoms with Gasteiger partial charge < -0.3 is 15.0 Å². The third kappa shape index (κ3) is 5.70. The molecule has 136 valence electrons. The number of halogens is 1. The van der Waals surface area contributed by atoms with Crippen molar-refractivity contribution in [3.63, 3.8) is 0 Å². The van der Waals surface area contributed by atoms with Crippen molar-refractivity contribution in [2.24, 2.45) is 0 Å². The summed E-state index contributed by atoms with van der Waals surface area (Å²) in [7, 11) is 1.53. The maximum Gasteiger partial charge on any atom is 0.260 e. The average Bonchev–Trinajstić information content (AvgIpc) is 2.61. The van der Waals surface area contributed by atoms with Crippen LogP contribution in [0.5, 0.6) is 5.75 Å². The molecule has 2 amide bonds. The molecule has 0 heterocycles. The largest absolute Gasteiger partial charge is 0.484 e. The SMILES string of the molecule is CC(=O)c1ccc(OCC(=O)N(C)CC(=O)Nc2ccccc2Br)cc1. The van der Waals surface area contributed by atoms with Gasteiger partial charge in [0.2, 0.25) is 5.91 Å². The van der Waals surface area contributed by atoms with Gasteiger partial charge in [-0.2, -0.15) is 0 Å². The third-order valence-corrected chi connectivity index (χ3v) is 4.27. The van der Waals surface area contributed by atoms with Crippen molar-refractivity contribution < 1.29 is 19.1 Å². The summed E-state index contributed by atoms with van der Waals surface area (Å²) in [5.41, 5.74) is 1.21. The summed E-state index contributed by atoms with van der Waals surface area (Å²) >= 11 is 3.35. The predicted molar refractivity (Wildman–Crippen MR) is 102 cm³/mol. The Morgan fingerprint density at radius 3 is 2.35 bits per heavy atom. The van der Waals surface area contributed by atoms with Gasteiger partial charge in [-0.05, 0) is 59.3 Å². The molecule has 0 radical (unpaired) electrons. The average molecular weight is 419 g/mol. The van der Waals surface area contributed by atoms with Crippen LogP contribution in [0.4, 0.5) is 5.69 Å².